The van der Waals surface area contributed by atoms with Gasteiger partial charge in [0.15, 0.2) is 0 Å². The fraction of sp³-hybridized carbons (Fsp3) is 0.619. The normalized spacial score (nSPS) is 13.5. The highest BCUT2D eigenvalue weighted by molar-refractivity contribution is 7.89. The van der Waals surface area contributed by atoms with Crippen molar-refractivity contribution in [3.63, 3.8) is 0 Å². The lowest BCUT2D eigenvalue weighted by Crippen LogP contribution is -2.44. The number of sulfonamides is 1. The zero-order valence-corrected chi connectivity index (χ0v) is 20.0. The van der Waals surface area contributed by atoms with E-state index in [0.29, 0.717) is 5.56 Å². The third-order valence-corrected chi connectivity index (χ3v) is 5.11. The van der Waals surface area contributed by atoms with Gasteiger partial charge in [0.25, 0.3) is 0 Å². The molecule has 0 heterocycles. The number of ether oxygens (including phenoxy) is 2. The third-order valence-electron chi connectivity index (χ3n) is 3.62. The lowest BCUT2D eigenvalue weighted by atomic mass is 10.1. The van der Waals surface area contributed by atoms with Gasteiger partial charge in [0, 0.05) is 6.42 Å². The van der Waals surface area contributed by atoms with Crippen LogP contribution in [0.2, 0.25) is 0 Å². The molecule has 9 nitrogen and oxygen atoms in total. The monoisotopic (exact) mass is 459 g/mol. The van der Waals surface area contributed by atoms with Crippen LogP contribution in [0.15, 0.2) is 29.2 Å². The van der Waals surface area contributed by atoms with Crippen LogP contribution in [0.1, 0.15) is 59.9 Å². The molecule has 31 heavy (non-hydrogen) atoms. The molecule has 0 fully saturated rings. The topological polar surface area (TPSA) is 117 Å². The quantitative estimate of drug-likeness (QED) is 0.322. The third kappa shape index (κ3) is 10.7. The van der Waals surface area contributed by atoms with Gasteiger partial charge in [-0.25, -0.2) is 18.2 Å². The van der Waals surface area contributed by atoms with Gasteiger partial charge in [0.1, 0.15) is 23.9 Å². The lowest BCUT2D eigenvalue weighted by Gasteiger charge is -2.25. The Morgan fingerprint density at radius 3 is 2.00 bits per heavy atom. The fourth-order valence-corrected chi connectivity index (χ4v) is 3.62. The Balaban J connectivity index is 2.98. The second-order valence-electron chi connectivity index (χ2n) is 8.91. The van der Waals surface area contributed by atoms with Crippen molar-refractivity contribution in [3.8, 4) is 0 Å². The van der Waals surface area contributed by atoms with E-state index in [9.17, 15) is 18.0 Å². The van der Waals surface area contributed by atoms with Crippen molar-refractivity contribution < 1.29 is 37.3 Å². The predicted octanol–water partition coefficient (Wildman–Crippen LogP) is 2.88. The second-order valence-corrected chi connectivity index (χ2v) is 10.6. The highest BCUT2D eigenvalue weighted by atomic mass is 32.2. The molecule has 1 aromatic carbocycles. The summed E-state index contributed by atoms with van der Waals surface area (Å²) in [5.41, 5.74) is -0.809. The first-order chi connectivity index (χ1) is 14.1. The van der Waals surface area contributed by atoms with Crippen LogP contribution >= 0.6 is 0 Å². The summed E-state index contributed by atoms with van der Waals surface area (Å²) >= 11 is 0. The standard InChI is InChI=1S/C21H33NO8S/c1-20(2,3)29-18(23)13-12-17(19(24)30-21(4,5)6)22-31(25,26)16-10-8-15(9-11-16)14-28-27-7/h8-11,17,22H,12-14H2,1-7H3/t17-/m0/s1. The number of carbonyl (C=O) groups excluding carboxylic acids is 2. The average molecular weight is 460 g/mol. The zero-order valence-electron chi connectivity index (χ0n) is 19.2. The number of benzene rings is 1. The Bertz CT molecular complexity index is 836. The molecule has 0 aliphatic carbocycles. The number of esters is 2. The van der Waals surface area contributed by atoms with Gasteiger partial charge in [-0.15, -0.1) is 0 Å². The van der Waals surface area contributed by atoms with Crippen LogP contribution in [0.5, 0.6) is 0 Å². The van der Waals surface area contributed by atoms with Gasteiger partial charge in [0.05, 0.1) is 12.0 Å². The Kier molecular flexibility index (Phi) is 9.62. The van der Waals surface area contributed by atoms with E-state index in [-0.39, 0.29) is 24.3 Å². The Labute approximate surface area is 184 Å². The summed E-state index contributed by atoms with van der Waals surface area (Å²) in [4.78, 5) is 33.9. The molecule has 0 saturated heterocycles. The van der Waals surface area contributed by atoms with E-state index in [0.717, 1.165) is 0 Å². The van der Waals surface area contributed by atoms with Crippen molar-refractivity contribution in [2.75, 3.05) is 7.11 Å². The molecule has 1 N–H and O–H groups in total. The number of nitrogens with one attached hydrogen (secondary N) is 1. The molecule has 0 unspecified atom stereocenters. The van der Waals surface area contributed by atoms with Crippen LogP contribution in [0.25, 0.3) is 0 Å². The molecular formula is C21H33NO8S. The number of carbonyl (C=O) groups is 2. The van der Waals surface area contributed by atoms with Crippen molar-refractivity contribution in [1.82, 2.24) is 4.72 Å². The van der Waals surface area contributed by atoms with E-state index in [1.807, 2.05) is 0 Å². The molecule has 10 heteroatoms. The van der Waals surface area contributed by atoms with Gasteiger partial charge in [-0.2, -0.15) is 4.72 Å². The fourth-order valence-electron chi connectivity index (χ4n) is 2.40. The molecule has 176 valence electrons. The maximum atomic E-state index is 12.8. The van der Waals surface area contributed by atoms with Gasteiger partial charge in [-0.1, -0.05) is 12.1 Å². The predicted molar refractivity (Wildman–Crippen MR) is 113 cm³/mol. The maximum Gasteiger partial charge on any atom is 0.324 e. The molecule has 0 bridgehead atoms. The number of hydrogen-bond acceptors (Lipinski definition) is 8. The summed E-state index contributed by atoms with van der Waals surface area (Å²) in [6, 6.07) is 4.65. The van der Waals surface area contributed by atoms with Gasteiger partial charge in [-0.3, -0.25) is 9.59 Å². The van der Waals surface area contributed by atoms with Crippen LogP contribution in [-0.4, -0.2) is 44.7 Å². The molecule has 0 saturated carbocycles. The van der Waals surface area contributed by atoms with Gasteiger partial charge >= 0.3 is 11.9 Å². The lowest BCUT2D eigenvalue weighted by molar-refractivity contribution is -0.282. The van der Waals surface area contributed by atoms with E-state index in [1.54, 1.807) is 53.7 Å². The summed E-state index contributed by atoms with van der Waals surface area (Å²) in [7, 11) is -2.68. The minimum Gasteiger partial charge on any atom is -0.460 e. The molecule has 0 aliphatic heterocycles. The molecule has 1 atom stereocenters. The largest absolute Gasteiger partial charge is 0.460 e. The molecule has 0 aliphatic rings. The van der Waals surface area contributed by atoms with Crippen molar-refractivity contribution in [2.45, 2.75) is 83.1 Å². The Morgan fingerprint density at radius 1 is 0.968 bits per heavy atom. The van der Waals surface area contributed by atoms with E-state index < -0.39 is 39.2 Å². The molecule has 1 aromatic rings. The number of hydrogen-bond donors (Lipinski definition) is 1. The summed E-state index contributed by atoms with van der Waals surface area (Å²) in [6.45, 7) is 10.3. The van der Waals surface area contributed by atoms with Crippen molar-refractivity contribution in [2.24, 2.45) is 0 Å². The van der Waals surface area contributed by atoms with Crippen LogP contribution < -0.4 is 4.72 Å². The SMILES string of the molecule is COOCc1ccc(S(=O)(=O)N[C@@H](CCC(=O)OC(C)(C)C)C(=O)OC(C)(C)C)cc1. The zero-order chi connectivity index (χ0) is 23.9. The Morgan fingerprint density at radius 2 is 1.52 bits per heavy atom. The first kappa shape index (κ1) is 27.0. The molecule has 1 rings (SSSR count). The average Bonchev–Trinajstić information content (AvgIpc) is 2.60. The van der Waals surface area contributed by atoms with Crippen molar-refractivity contribution in [1.29, 1.82) is 0 Å². The molecular weight excluding hydrogens is 426 g/mol. The maximum absolute atomic E-state index is 12.8. The van der Waals surface area contributed by atoms with Gasteiger partial charge in [0.2, 0.25) is 10.0 Å². The smallest absolute Gasteiger partial charge is 0.324 e. The highest BCUT2D eigenvalue weighted by Crippen LogP contribution is 2.17. The van der Waals surface area contributed by atoms with Crippen molar-refractivity contribution in [3.05, 3.63) is 29.8 Å². The summed E-state index contributed by atoms with van der Waals surface area (Å²) in [6.07, 6.45) is -0.264. The van der Waals surface area contributed by atoms with Crippen LogP contribution in [-0.2, 0) is 45.5 Å². The molecule has 0 aromatic heterocycles. The second kappa shape index (κ2) is 11.0. The van der Waals surface area contributed by atoms with Gasteiger partial charge < -0.3 is 9.47 Å². The summed E-state index contributed by atoms with van der Waals surface area (Å²) < 4.78 is 38.6. The summed E-state index contributed by atoms with van der Waals surface area (Å²) in [5, 5.41) is 0. The first-order valence-corrected chi connectivity index (χ1v) is 11.3. The van der Waals surface area contributed by atoms with E-state index >= 15 is 0 Å². The van der Waals surface area contributed by atoms with Crippen LogP contribution in [0.3, 0.4) is 0 Å². The molecule has 0 radical (unpaired) electrons. The van der Waals surface area contributed by atoms with Crippen LogP contribution in [0.4, 0.5) is 0 Å². The molecule has 0 amide bonds. The van der Waals surface area contributed by atoms with Gasteiger partial charge in [-0.05, 0) is 65.7 Å². The van der Waals surface area contributed by atoms with Crippen LogP contribution in [0, 0.1) is 0 Å². The Hall–Kier alpha value is -2.01. The minimum absolute atomic E-state index is 0.0421. The highest BCUT2D eigenvalue weighted by Gasteiger charge is 2.31. The van der Waals surface area contributed by atoms with E-state index in [2.05, 4.69) is 9.61 Å². The molecule has 0 spiro atoms. The first-order valence-electron chi connectivity index (χ1n) is 9.84. The van der Waals surface area contributed by atoms with E-state index in [4.69, 9.17) is 14.4 Å². The summed E-state index contributed by atoms with van der Waals surface area (Å²) in [5.74, 6) is -1.31. The number of rotatable bonds is 10. The minimum atomic E-state index is -4.06. The van der Waals surface area contributed by atoms with E-state index in [1.165, 1.54) is 19.2 Å². The van der Waals surface area contributed by atoms with Crippen molar-refractivity contribution >= 4 is 22.0 Å².